The Hall–Kier alpha value is -3.51. The fraction of sp³-hybridized carbons (Fsp3) is 0.269. The molecule has 4 N–H and O–H groups in total. The molecular formula is C26H29N3O3. The van der Waals surface area contributed by atoms with Gasteiger partial charge in [0.25, 0.3) is 5.91 Å². The first-order chi connectivity index (χ1) is 15.3. The average molecular weight is 432 g/mol. The summed E-state index contributed by atoms with van der Waals surface area (Å²) in [5.41, 5.74) is 10.2. The Balaban J connectivity index is 1.63. The summed E-state index contributed by atoms with van der Waals surface area (Å²) in [6.45, 7) is 4.81. The van der Waals surface area contributed by atoms with Gasteiger partial charge in [0.15, 0.2) is 0 Å². The molecule has 2 atom stereocenters. The summed E-state index contributed by atoms with van der Waals surface area (Å²) < 4.78 is 0. The van der Waals surface area contributed by atoms with Crippen molar-refractivity contribution in [3.63, 3.8) is 0 Å². The minimum absolute atomic E-state index is 0.156. The number of benzene rings is 2. The molecule has 0 spiro atoms. The summed E-state index contributed by atoms with van der Waals surface area (Å²) in [5, 5.41) is 12.0. The van der Waals surface area contributed by atoms with Crippen LogP contribution in [0.1, 0.15) is 41.3 Å². The highest BCUT2D eigenvalue weighted by Crippen LogP contribution is 2.27. The lowest BCUT2D eigenvalue weighted by atomic mass is 9.87. The molecule has 0 radical (unpaired) electrons. The third-order valence-corrected chi connectivity index (χ3v) is 5.61. The van der Waals surface area contributed by atoms with E-state index in [2.05, 4.69) is 48.4 Å². The van der Waals surface area contributed by atoms with Gasteiger partial charge in [-0.1, -0.05) is 56.3 Å². The van der Waals surface area contributed by atoms with Gasteiger partial charge in [0.2, 0.25) is 0 Å². The van der Waals surface area contributed by atoms with E-state index in [0.717, 1.165) is 16.7 Å². The Morgan fingerprint density at radius 1 is 1.00 bits per heavy atom. The van der Waals surface area contributed by atoms with Gasteiger partial charge in [0.05, 0.1) is 0 Å². The van der Waals surface area contributed by atoms with Crippen LogP contribution >= 0.6 is 0 Å². The molecule has 0 saturated carbocycles. The first-order valence-corrected chi connectivity index (χ1v) is 10.7. The van der Waals surface area contributed by atoms with E-state index in [1.54, 1.807) is 30.5 Å². The number of aliphatic carboxylic acids is 1. The van der Waals surface area contributed by atoms with Crippen molar-refractivity contribution in [2.24, 2.45) is 11.7 Å². The summed E-state index contributed by atoms with van der Waals surface area (Å²) >= 11 is 0. The first kappa shape index (κ1) is 23.2. The molecule has 166 valence electrons. The van der Waals surface area contributed by atoms with Crippen molar-refractivity contribution in [2.75, 3.05) is 6.54 Å². The second kappa shape index (κ2) is 10.7. The van der Waals surface area contributed by atoms with Crippen LogP contribution < -0.4 is 11.1 Å². The number of carbonyl (C=O) groups is 2. The molecular weight excluding hydrogens is 402 g/mol. The van der Waals surface area contributed by atoms with Crippen LogP contribution in [0.5, 0.6) is 0 Å². The molecule has 0 fully saturated rings. The molecule has 3 aromatic rings. The van der Waals surface area contributed by atoms with E-state index in [1.807, 2.05) is 18.3 Å². The van der Waals surface area contributed by atoms with Gasteiger partial charge in [-0.05, 0) is 52.8 Å². The van der Waals surface area contributed by atoms with E-state index in [0.29, 0.717) is 18.0 Å². The topological polar surface area (TPSA) is 105 Å². The molecule has 1 aromatic heterocycles. The van der Waals surface area contributed by atoms with Crippen LogP contribution in [0.15, 0.2) is 73.1 Å². The summed E-state index contributed by atoms with van der Waals surface area (Å²) in [4.78, 5) is 27.7. The van der Waals surface area contributed by atoms with Crippen molar-refractivity contribution in [3.8, 4) is 11.1 Å². The van der Waals surface area contributed by atoms with Gasteiger partial charge in [0.1, 0.15) is 6.04 Å². The van der Waals surface area contributed by atoms with Crippen LogP contribution in [-0.4, -0.2) is 34.6 Å². The molecule has 1 amide bonds. The monoisotopic (exact) mass is 431 g/mol. The Labute approximate surface area is 188 Å². The molecule has 0 bridgehead atoms. The van der Waals surface area contributed by atoms with Crippen molar-refractivity contribution in [1.29, 1.82) is 0 Å². The van der Waals surface area contributed by atoms with Crippen molar-refractivity contribution in [1.82, 2.24) is 10.3 Å². The summed E-state index contributed by atoms with van der Waals surface area (Å²) in [5.74, 6) is -0.675. The van der Waals surface area contributed by atoms with Gasteiger partial charge >= 0.3 is 5.97 Å². The highest BCUT2D eigenvalue weighted by atomic mass is 16.4. The quantitative estimate of drug-likeness (QED) is 0.477. The Kier molecular flexibility index (Phi) is 7.73. The molecule has 0 aliphatic heterocycles. The predicted octanol–water partition coefficient (Wildman–Crippen LogP) is 3.87. The van der Waals surface area contributed by atoms with Crippen molar-refractivity contribution in [3.05, 3.63) is 89.7 Å². The maximum absolute atomic E-state index is 12.6. The Morgan fingerprint density at radius 2 is 1.69 bits per heavy atom. The zero-order valence-electron chi connectivity index (χ0n) is 18.4. The molecule has 32 heavy (non-hydrogen) atoms. The molecule has 1 heterocycles. The van der Waals surface area contributed by atoms with Gasteiger partial charge < -0.3 is 16.2 Å². The highest BCUT2D eigenvalue weighted by Gasteiger charge is 2.18. The van der Waals surface area contributed by atoms with Crippen LogP contribution in [0.4, 0.5) is 0 Å². The molecule has 2 aromatic carbocycles. The third kappa shape index (κ3) is 6.02. The van der Waals surface area contributed by atoms with E-state index in [9.17, 15) is 9.59 Å². The fourth-order valence-corrected chi connectivity index (χ4v) is 3.63. The normalized spacial score (nSPS) is 12.9. The molecule has 0 aliphatic rings. The van der Waals surface area contributed by atoms with Gasteiger partial charge in [0, 0.05) is 30.4 Å². The van der Waals surface area contributed by atoms with Gasteiger partial charge in [-0.3, -0.25) is 14.6 Å². The SMILES string of the molecule is CC(C)[C@@H](CNC(=O)c1ccc(CC(N)C(=O)O)cc1)c1ccc(-c2cccnc2)cc1. The Bertz CT molecular complexity index is 1030. The molecule has 0 aliphatic carbocycles. The largest absolute Gasteiger partial charge is 0.480 e. The van der Waals surface area contributed by atoms with Gasteiger partial charge in [-0.25, -0.2) is 0 Å². The molecule has 6 heteroatoms. The van der Waals surface area contributed by atoms with E-state index in [1.165, 1.54) is 5.56 Å². The molecule has 3 rings (SSSR count). The van der Waals surface area contributed by atoms with E-state index in [-0.39, 0.29) is 18.2 Å². The molecule has 0 saturated heterocycles. The second-order valence-corrected chi connectivity index (χ2v) is 8.27. The maximum atomic E-state index is 12.6. The number of rotatable bonds is 9. The number of nitrogens with one attached hydrogen (secondary N) is 1. The molecule has 1 unspecified atom stereocenters. The summed E-state index contributed by atoms with van der Waals surface area (Å²) in [7, 11) is 0. The van der Waals surface area contributed by atoms with Crippen molar-refractivity contribution < 1.29 is 14.7 Å². The number of pyridine rings is 1. The average Bonchev–Trinajstić information content (AvgIpc) is 2.80. The van der Waals surface area contributed by atoms with Crippen LogP contribution in [0.25, 0.3) is 11.1 Å². The number of nitrogens with two attached hydrogens (primary N) is 1. The summed E-state index contributed by atoms with van der Waals surface area (Å²) in [6.07, 6.45) is 3.82. The lowest BCUT2D eigenvalue weighted by Crippen LogP contribution is -2.32. The van der Waals surface area contributed by atoms with E-state index < -0.39 is 12.0 Å². The number of amides is 1. The van der Waals surface area contributed by atoms with Crippen LogP contribution in [0.3, 0.4) is 0 Å². The lowest BCUT2D eigenvalue weighted by molar-refractivity contribution is -0.138. The fourth-order valence-electron chi connectivity index (χ4n) is 3.63. The second-order valence-electron chi connectivity index (χ2n) is 8.27. The number of carbonyl (C=O) groups excluding carboxylic acids is 1. The van der Waals surface area contributed by atoms with Crippen LogP contribution in [0, 0.1) is 5.92 Å². The van der Waals surface area contributed by atoms with Crippen molar-refractivity contribution >= 4 is 11.9 Å². The lowest BCUT2D eigenvalue weighted by Gasteiger charge is -2.22. The van der Waals surface area contributed by atoms with Crippen LogP contribution in [-0.2, 0) is 11.2 Å². The number of hydrogen-bond donors (Lipinski definition) is 3. The number of aromatic nitrogens is 1. The summed E-state index contributed by atoms with van der Waals surface area (Å²) in [6, 6.07) is 18.3. The first-order valence-electron chi connectivity index (χ1n) is 10.7. The minimum atomic E-state index is -1.04. The van der Waals surface area contributed by atoms with Crippen molar-refractivity contribution in [2.45, 2.75) is 32.2 Å². The number of hydrogen-bond acceptors (Lipinski definition) is 4. The Morgan fingerprint density at radius 3 is 2.25 bits per heavy atom. The van der Waals surface area contributed by atoms with Crippen LogP contribution in [0.2, 0.25) is 0 Å². The van der Waals surface area contributed by atoms with E-state index in [4.69, 9.17) is 10.8 Å². The molecule has 6 nitrogen and oxygen atoms in total. The van der Waals surface area contributed by atoms with E-state index >= 15 is 0 Å². The minimum Gasteiger partial charge on any atom is -0.480 e. The number of carboxylic acid groups (broad SMARTS) is 1. The zero-order chi connectivity index (χ0) is 23.1. The smallest absolute Gasteiger partial charge is 0.320 e. The van der Waals surface area contributed by atoms with Gasteiger partial charge in [-0.15, -0.1) is 0 Å². The standard InChI is InChI=1S/C26H29N3O3/c1-17(2)23(20-11-9-19(10-12-20)22-4-3-13-28-15-22)16-29-25(30)21-7-5-18(6-8-21)14-24(27)26(31)32/h3-13,15,17,23-24H,14,16,27H2,1-2H3,(H,29,30)(H,31,32)/t23-,24?/m1/s1. The number of nitrogens with zero attached hydrogens (tertiary/aromatic N) is 1. The van der Waals surface area contributed by atoms with Gasteiger partial charge in [-0.2, -0.15) is 0 Å². The zero-order valence-corrected chi connectivity index (χ0v) is 18.4. The third-order valence-electron chi connectivity index (χ3n) is 5.61. The highest BCUT2D eigenvalue weighted by molar-refractivity contribution is 5.94. The predicted molar refractivity (Wildman–Crippen MR) is 125 cm³/mol. The maximum Gasteiger partial charge on any atom is 0.320 e. The number of carboxylic acids is 1.